The van der Waals surface area contributed by atoms with E-state index in [4.69, 9.17) is 4.74 Å². The second-order valence-corrected chi connectivity index (χ2v) is 7.27. The van der Waals surface area contributed by atoms with Crippen LogP contribution >= 0.6 is 0 Å². The number of hydrogen-bond acceptors (Lipinski definition) is 5. The van der Waals surface area contributed by atoms with Gasteiger partial charge in [-0.25, -0.2) is 4.39 Å². The fraction of sp³-hybridized carbons (Fsp3) is 0.304. The standard InChI is InChI=1S/C23H25FN4O3/c1-3-15(2)25-21(29)13-12-20-23(30)26-22(28-27-20)17-6-10-19(11-7-17)31-14-16-4-8-18(24)9-5-16/h4-11,15H,3,12-14H2,1-2H3,(H,25,29)(H,26,28,30)/t15-/m1/s1. The van der Waals surface area contributed by atoms with Crippen molar-refractivity contribution in [3.05, 3.63) is 76.0 Å². The minimum atomic E-state index is -0.363. The summed E-state index contributed by atoms with van der Waals surface area (Å²) >= 11 is 0. The van der Waals surface area contributed by atoms with Gasteiger partial charge in [-0.05, 0) is 55.3 Å². The first-order chi connectivity index (χ1) is 14.9. The van der Waals surface area contributed by atoms with Gasteiger partial charge in [0.2, 0.25) is 5.91 Å². The van der Waals surface area contributed by atoms with Gasteiger partial charge in [0.25, 0.3) is 5.56 Å². The Morgan fingerprint density at radius 1 is 1.13 bits per heavy atom. The average Bonchev–Trinajstić information content (AvgIpc) is 2.78. The highest BCUT2D eigenvalue weighted by Gasteiger charge is 2.11. The molecule has 1 heterocycles. The Kier molecular flexibility index (Phi) is 7.48. The third-order valence-electron chi connectivity index (χ3n) is 4.82. The molecule has 3 rings (SSSR count). The average molecular weight is 424 g/mol. The van der Waals surface area contributed by atoms with Gasteiger partial charge < -0.3 is 15.0 Å². The van der Waals surface area contributed by atoms with E-state index in [1.807, 2.05) is 13.8 Å². The molecule has 162 valence electrons. The predicted molar refractivity (Wildman–Crippen MR) is 115 cm³/mol. The molecule has 0 aliphatic rings. The second kappa shape index (κ2) is 10.5. The van der Waals surface area contributed by atoms with Crippen LogP contribution in [0, 0.1) is 5.82 Å². The molecule has 0 saturated heterocycles. The Morgan fingerprint density at radius 3 is 2.48 bits per heavy atom. The number of carbonyl (C=O) groups excluding carboxylic acids is 1. The Bertz CT molecular complexity index is 1070. The van der Waals surface area contributed by atoms with Crippen LogP contribution < -0.4 is 15.6 Å². The zero-order chi connectivity index (χ0) is 22.2. The van der Waals surface area contributed by atoms with Gasteiger partial charge in [-0.2, -0.15) is 0 Å². The Hall–Kier alpha value is -3.55. The largest absolute Gasteiger partial charge is 0.489 e. The number of carbonyl (C=O) groups is 1. The zero-order valence-electron chi connectivity index (χ0n) is 17.5. The van der Waals surface area contributed by atoms with Crippen molar-refractivity contribution in [1.29, 1.82) is 0 Å². The molecule has 2 N–H and O–H groups in total. The molecular formula is C23H25FN4O3. The molecule has 0 bridgehead atoms. The van der Waals surface area contributed by atoms with Crippen molar-refractivity contribution in [2.75, 3.05) is 0 Å². The smallest absolute Gasteiger partial charge is 0.273 e. The van der Waals surface area contributed by atoms with Crippen molar-refractivity contribution >= 4 is 5.91 Å². The van der Waals surface area contributed by atoms with Crippen molar-refractivity contribution in [2.45, 2.75) is 45.8 Å². The molecule has 0 aliphatic heterocycles. The van der Waals surface area contributed by atoms with Gasteiger partial charge in [-0.1, -0.05) is 19.1 Å². The molecule has 1 atom stereocenters. The molecule has 0 aliphatic carbocycles. The molecule has 0 spiro atoms. The number of halogens is 1. The van der Waals surface area contributed by atoms with Crippen LogP contribution in [0.15, 0.2) is 53.3 Å². The molecule has 0 unspecified atom stereocenters. The van der Waals surface area contributed by atoms with Gasteiger partial charge in [-0.15, -0.1) is 10.2 Å². The molecular weight excluding hydrogens is 399 g/mol. The summed E-state index contributed by atoms with van der Waals surface area (Å²) in [7, 11) is 0. The summed E-state index contributed by atoms with van der Waals surface area (Å²) < 4.78 is 18.6. The van der Waals surface area contributed by atoms with Crippen LogP contribution in [0.5, 0.6) is 5.75 Å². The van der Waals surface area contributed by atoms with Crippen LogP contribution in [-0.2, 0) is 17.8 Å². The molecule has 1 aromatic heterocycles. The first kappa shape index (κ1) is 22.1. The Morgan fingerprint density at radius 2 is 1.84 bits per heavy atom. The summed E-state index contributed by atoms with van der Waals surface area (Å²) in [5.41, 5.74) is 1.40. The van der Waals surface area contributed by atoms with Gasteiger partial charge in [0.05, 0.1) is 0 Å². The zero-order valence-corrected chi connectivity index (χ0v) is 17.5. The maximum absolute atomic E-state index is 13.0. The van der Waals surface area contributed by atoms with Gasteiger partial charge in [-0.3, -0.25) is 9.59 Å². The molecule has 0 radical (unpaired) electrons. The first-order valence-corrected chi connectivity index (χ1v) is 10.2. The third-order valence-corrected chi connectivity index (χ3v) is 4.82. The number of H-pyrrole nitrogens is 1. The van der Waals surface area contributed by atoms with Crippen molar-refractivity contribution in [3.63, 3.8) is 0 Å². The lowest BCUT2D eigenvalue weighted by Gasteiger charge is -2.10. The topological polar surface area (TPSA) is 97.0 Å². The minimum Gasteiger partial charge on any atom is -0.489 e. The third kappa shape index (κ3) is 6.47. The van der Waals surface area contributed by atoms with E-state index in [0.29, 0.717) is 23.7 Å². The highest BCUT2D eigenvalue weighted by atomic mass is 19.1. The number of hydrogen-bond donors (Lipinski definition) is 2. The Labute approximate surface area is 179 Å². The van der Waals surface area contributed by atoms with E-state index in [1.54, 1.807) is 36.4 Å². The molecule has 3 aromatic rings. The Balaban J connectivity index is 1.58. The van der Waals surface area contributed by atoms with Crippen LogP contribution in [0.2, 0.25) is 0 Å². The molecule has 31 heavy (non-hydrogen) atoms. The number of aromatic amines is 1. The molecule has 0 saturated carbocycles. The monoisotopic (exact) mass is 424 g/mol. The maximum Gasteiger partial charge on any atom is 0.273 e. The number of nitrogens with one attached hydrogen (secondary N) is 2. The number of benzene rings is 2. The van der Waals surface area contributed by atoms with E-state index in [1.165, 1.54) is 12.1 Å². The molecule has 8 heteroatoms. The number of amides is 1. The summed E-state index contributed by atoms with van der Waals surface area (Å²) in [4.78, 5) is 26.9. The van der Waals surface area contributed by atoms with Crippen LogP contribution in [0.1, 0.15) is 37.9 Å². The van der Waals surface area contributed by atoms with E-state index in [0.717, 1.165) is 12.0 Å². The predicted octanol–water partition coefficient (Wildman–Crippen LogP) is 3.40. The van der Waals surface area contributed by atoms with Crippen molar-refractivity contribution in [2.24, 2.45) is 0 Å². The fourth-order valence-electron chi connectivity index (χ4n) is 2.79. The number of aryl methyl sites for hydroxylation is 1. The highest BCUT2D eigenvalue weighted by Crippen LogP contribution is 2.19. The number of aromatic nitrogens is 3. The molecule has 2 aromatic carbocycles. The summed E-state index contributed by atoms with van der Waals surface area (Å²) in [6.45, 7) is 4.23. The van der Waals surface area contributed by atoms with E-state index in [-0.39, 0.29) is 41.9 Å². The van der Waals surface area contributed by atoms with E-state index in [2.05, 4.69) is 20.5 Å². The summed E-state index contributed by atoms with van der Waals surface area (Å²) in [5, 5.41) is 10.9. The summed E-state index contributed by atoms with van der Waals surface area (Å²) in [6.07, 6.45) is 1.25. The van der Waals surface area contributed by atoms with Gasteiger partial charge in [0.1, 0.15) is 23.9 Å². The maximum atomic E-state index is 13.0. The van der Waals surface area contributed by atoms with Gasteiger partial charge in [0, 0.05) is 24.4 Å². The quantitative estimate of drug-likeness (QED) is 0.549. The van der Waals surface area contributed by atoms with Crippen molar-refractivity contribution in [1.82, 2.24) is 20.5 Å². The van der Waals surface area contributed by atoms with Crippen LogP contribution in [0.25, 0.3) is 11.4 Å². The normalized spacial score (nSPS) is 11.7. The SMILES string of the molecule is CC[C@@H](C)NC(=O)CCc1nnc(-c2ccc(OCc3ccc(F)cc3)cc2)[nH]c1=O. The van der Waals surface area contributed by atoms with E-state index < -0.39 is 0 Å². The second-order valence-electron chi connectivity index (χ2n) is 7.27. The lowest BCUT2D eigenvalue weighted by atomic mass is 10.2. The summed E-state index contributed by atoms with van der Waals surface area (Å²) in [6, 6.07) is 13.2. The highest BCUT2D eigenvalue weighted by molar-refractivity contribution is 5.76. The summed E-state index contributed by atoms with van der Waals surface area (Å²) in [5.74, 6) is 0.564. The molecule has 0 fully saturated rings. The lowest BCUT2D eigenvalue weighted by Crippen LogP contribution is -2.32. The lowest BCUT2D eigenvalue weighted by molar-refractivity contribution is -0.121. The number of rotatable bonds is 9. The van der Waals surface area contributed by atoms with E-state index in [9.17, 15) is 14.0 Å². The number of nitrogens with zero attached hydrogens (tertiary/aromatic N) is 2. The van der Waals surface area contributed by atoms with Gasteiger partial charge in [0.15, 0.2) is 5.82 Å². The molecule has 1 amide bonds. The van der Waals surface area contributed by atoms with Gasteiger partial charge >= 0.3 is 0 Å². The number of ether oxygens (including phenoxy) is 1. The fourth-order valence-corrected chi connectivity index (χ4v) is 2.79. The van der Waals surface area contributed by atoms with Crippen LogP contribution in [-0.4, -0.2) is 27.1 Å². The minimum absolute atomic E-state index is 0.0990. The van der Waals surface area contributed by atoms with Crippen molar-refractivity contribution in [3.8, 4) is 17.1 Å². The van der Waals surface area contributed by atoms with Crippen molar-refractivity contribution < 1.29 is 13.9 Å². The molecule has 7 nitrogen and oxygen atoms in total. The van der Waals surface area contributed by atoms with Crippen LogP contribution in [0.3, 0.4) is 0 Å². The first-order valence-electron chi connectivity index (χ1n) is 10.2. The van der Waals surface area contributed by atoms with E-state index >= 15 is 0 Å². The van der Waals surface area contributed by atoms with Crippen LogP contribution in [0.4, 0.5) is 4.39 Å².